The summed E-state index contributed by atoms with van der Waals surface area (Å²) in [7, 11) is -3.12. The standard InChI is InChI=1S/C26H44N2O3S/c1-18-4-6-20-19(16-18)5-7-22-21(20)10-11-26(2)23(22)8-9-24(26)25(29)17-27-12-14-28(15-13-27)32(3,30)31/h18-24H,4-17H2,1-3H3/t18-,19+,20-,21?,22+,23?,24+,26-/m0/s1. The molecule has 5 rings (SSSR count). The molecule has 5 nitrogen and oxygen atoms in total. The van der Waals surface area contributed by atoms with E-state index in [1.165, 1.54) is 57.6 Å². The van der Waals surface area contributed by atoms with Crippen molar-refractivity contribution < 1.29 is 13.2 Å². The number of piperazine rings is 1. The lowest BCUT2D eigenvalue weighted by Crippen LogP contribution is -2.52. The van der Waals surface area contributed by atoms with Gasteiger partial charge in [-0.2, -0.15) is 4.31 Å². The van der Waals surface area contributed by atoms with Crippen LogP contribution in [0.3, 0.4) is 0 Å². The van der Waals surface area contributed by atoms with E-state index in [0.29, 0.717) is 38.5 Å². The zero-order chi connectivity index (χ0) is 22.7. The number of hydrogen-bond donors (Lipinski definition) is 0. The third kappa shape index (κ3) is 4.11. The molecule has 0 amide bonds. The molecule has 0 spiro atoms. The van der Waals surface area contributed by atoms with Crippen molar-refractivity contribution in [2.45, 2.75) is 71.6 Å². The van der Waals surface area contributed by atoms with Gasteiger partial charge in [-0.3, -0.25) is 9.69 Å². The fraction of sp³-hybridized carbons (Fsp3) is 0.962. The van der Waals surface area contributed by atoms with Crippen molar-refractivity contribution in [1.29, 1.82) is 0 Å². The van der Waals surface area contributed by atoms with Crippen LogP contribution in [0.15, 0.2) is 0 Å². The van der Waals surface area contributed by atoms with Gasteiger partial charge in [0, 0.05) is 32.1 Å². The fourth-order valence-electron chi connectivity index (χ4n) is 9.17. The van der Waals surface area contributed by atoms with Gasteiger partial charge in [-0.15, -0.1) is 0 Å². The summed E-state index contributed by atoms with van der Waals surface area (Å²) in [5.41, 5.74) is 0.196. The van der Waals surface area contributed by atoms with Crippen LogP contribution in [0, 0.1) is 46.8 Å². The first-order chi connectivity index (χ1) is 15.2. The van der Waals surface area contributed by atoms with Gasteiger partial charge in [-0.25, -0.2) is 8.42 Å². The van der Waals surface area contributed by atoms with Gasteiger partial charge in [0.15, 0.2) is 0 Å². The molecule has 0 radical (unpaired) electrons. The molecule has 0 N–H and O–H groups in total. The molecular weight excluding hydrogens is 420 g/mol. The van der Waals surface area contributed by atoms with Gasteiger partial charge in [-0.05, 0) is 92.3 Å². The zero-order valence-corrected chi connectivity index (χ0v) is 21.3. The maximum absolute atomic E-state index is 13.5. The van der Waals surface area contributed by atoms with Gasteiger partial charge in [0.2, 0.25) is 10.0 Å². The summed E-state index contributed by atoms with van der Waals surface area (Å²) in [6.45, 7) is 7.81. The Balaban J connectivity index is 1.22. The van der Waals surface area contributed by atoms with Crippen LogP contribution in [0.4, 0.5) is 0 Å². The second-order valence-electron chi connectivity index (χ2n) is 12.4. The molecular formula is C26H44N2O3S. The average molecular weight is 465 g/mol. The number of carbonyl (C=O) groups excluding carboxylic acids is 1. The van der Waals surface area contributed by atoms with Crippen molar-refractivity contribution in [2.75, 3.05) is 39.0 Å². The van der Waals surface area contributed by atoms with E-state index in [2.05, 4.69) is 18.7 Å². The minimum absolute atomic E-state index is 0.196. The molecule has 0 bridgehead atoms. The highest BCUT2D eigenvalue weighted by Crippen LogP contribution is 2.64. The molecule has 1 heterocycles. The summed E-state index contributed by atoms with van der Waals surface area (Å²) in [4.78, 5) is 15.7. The Bertz CT molecular complexity index is 821. The molecule has 32 heavy (non-hydrogen) atoms. The maximum atomic E-state index is 13.5. The van der Waals surface area contributed by atoms with Crippen molar-refractivity contribution in [2.24, 2.45) is 46.8 Å². The molecule has 6 heteroatoms. The predicted octanol–water partition coefficient (Wildman–Crippen LogP) is 4.04. The zero-order valence-electron chi connectivity index (χ0n) is 20.5. The van der Waals surface area contributed by atoms with Crippen LogP contribution in [0.5, 0.6) is 0 Å². The topological polar surface area (TPSA) is 57.7 Å². The van der Waals surface area contributed by atoms with Gasteiger partial charge in [0.1, 0.15) is 5.78 Å². The number of fused-ring (bicyclic) bond motifs is 5. The molecule has 2 unspecified atom stereocenters. The Labute approximate surface area is 195 Å². The molecule has 182 valence electrons. The Morgan fingerprint density at radius 1 is 0.906 bits per heavy atom. The highest BCUT2D eigenvalue weighted by molar-refractivity contribution is 7.88. The number of carbonyl (C=O) groups is 1. The molecule has 5 aliphatic rings. The number of Topliss-reactive ketones (excluding diaryl/α,β-unsaturated/α-hetero) is 1. The van der Waals surface area contributed by atoms with Gasteiger partial charge < -0.3 is 0 Å². The first-order valence-corrected chi connectivity index (χ1v) is 15.2. The minimum Gasteiger partial charge on any atom is -0.298 e. The highest BCUT2D eigenvalue weighted by atomic mass is 32.2. The third-order valence-electron chi connectivity index (χ3n) is 10.8. The minimum atomic E-state index is -3.12. The molecule has 0 aromatic heterocycles. The van der Waals surface area contributed by atoms with Crippen LogP contribution in [0.2, 0.25) is 0 Å². The Kier molecular flexibility index (Phi) is 6.29. The van der Waals surface area contributed by atoms with Gasteiger partial charge in [0.05, 0.1) is 12.8 Å². The normalized spacial score (nSPS) is 45.7. The van der Waals surface area contributed by atoms with Crippen LogP contribution >= 0.6 is 0 Å². The number of hydrogen-bond acceptors (Lipinski definition) is 4. The van der Waals surface area contributed by atoms with Crippen LogP contribution in [0.1, 0.15) is 71.6 Å². The SMILES string of the molecule is C[C@H]1CC[C@@H]2C3CC[C@@]4(C)C(CC[C@@H]4C(=O)CN4CCN(S(C)(=O)=O)CC4)[C@@H]3CC[C@@H]2C1. The summed E-state index contributed by atoms with van der Waals surface area (Å²) < 4.78 is 25.1. The summed E-state index contributed by atoms with van der Waals surface area (Å²) in [6.07, 6.45) is 13.4. The Morgan fingerprint density at radius 2 is 1.62 bits per heavy atom. The van der Waals surface area contributed by atoms with Crippen molar-refractivity contribution in [1.82, 2.24) is 9.21 Å². The Hall–Kier alpha value is -0.460. The molecule has 1 aliphatic heterocycles. The Morgan fingerprint density at radius 3 is 2.34 bits per heavy atom. The van der Waals surface area contributed by atoms with Crippen molar-refractivity contribution in [3.8, 4) is 0 Å². The van der Waals surface area contributed by atoms with E-state index in [1.54, 1.807) is 4.31 Å². The van der Waals surface area contributed by atoms with Crippen LogP contribution in [-0.4, -0.2) is 62.4 Å². The molecule has 4 aliphatic carbocycles. The van der Waals surface area contributed by atoms with Gasteiger partial charge in [0.25, 0.3) is 0 Å². The molecule has 0 aromatic rings. The van der Waals surface area contributed by atoms with E-state index in [1.807, 2.05) is 0 Å². The molecule has 1 saturated heterocycles. The summed E-state index contributed by atoms with van der Waals surface area (Å²) in [6, 6.07) is 0. The van der Waals surface area contributed by atoms with Gasteiger partial charge in [-0.1, -0.05) is 20.3 Å². The second-order valence-corrected chi connectivity index (χ2v) is 14.4. The van der Waals surface area contributed by atoms with Gasteiger partial charge >= 0.3 is 0 Å². The van der Waals surface area contributed by atoms with Crippen molar-refractivity contribution in [3.05, 3.63) is 0 Å². The number of ketones is 1. The molecule has 8 atom stereocenters. The fourth-order valence-corrected chi connectivity index (χ4v) is 9.99. The van der Waals surface area contributed by atoms with Crippen molar-refractivity contribution in [3.63, 3.8) is 0 Å². The lowest BCUT2D eigenvalue weighted by atomic mass is 9.49. The van der Waals surface area contributed by atoms with Crippen LogP contribution < -0.4 is 0 Å². The lowest BCUT2D eigenvalue weighted by molar-refractivity contribution is -0.131. The van der Waals surface area contributed by atoms with Crippen LogP contribution in [0.25, 0.3) is 0 Å². The lowest BCUT2D eigenvalue weighted by Gasteiger charge is -2.56. The number of nitrogens with zero attached hydrogens (tertiary/aromatic N) is 2. The molecule has 0 aromatic carbocycles. The summed E-state index contributed by atoms with van der Waals surface area (Å²) >= 11 is 0. The van der Waals surface area contributed by atoms with E-state index in [-0.39, 0.29) is 11.3 Å². The smallest absolute Gasteiger partial charge is 0.211 e. The predicted molar refractivity (Wildman–Crippen MR) is 128 cm³/mol. The average Bonchev–Trinajstić information content (AvgIpc) is 3.10. The largest absolute Gasteiger partial charge is 0.298 e. The molecule has 4 saturated carbocycles. The molecule has 5 fully saturated rings. The van der Waals surface area contributed by atoms with Crippen molar-refractivity contribution >= 4 is 15.8 Å². The van der Waals surface area contributed by atoms with E-state index in [4.69, 9.17) is 0 Å². The quantitative estimate of drug-likeness (QED) is 0.630. The monoisotopic (exact) mass is 464 g/mol. The third-order valence-corrected chi connectivity index (χ3v) is 12.1. The summed E-state index contributed by atoms with van der Waals surface area (Å²) in [5.74, 6) is 6.06. The van der Waals surface area contributed by atoms with E-state index in [0.717, 1.165) is 41.9 Å². The highest BCUT2D eigenvalue weighted by Gasteiger charge is 2.58. The number of sulfonamides is 1. The van der Waals surface area contributed by atoms with E-state index < -0.39 is 10.0 Å². The summed E-state index contributed by atoms with van der Waals surface area (Å²) in [5, 5.41) is 0. The maximum Gasteiger partial charge on any atom is 0.211 e. The second kappa shape index (κ2) is 8.64. The van der Waals surface area contributed by atoms with E-state index in [9.17, 15) is 13.2 Å². The first kappa shape index (κ1) is 23.3. The van der Waals surface area contributed by atoms with E-state index >= 15 is 0 Å². The van der Waals surface area contributed by atoms with Crippen LogP contribution in [-0.2, 0) is 14.8 Å². The first-order valence-electron chi connectivity index (χ1n) is 13.4. The number of rotatable bonds is 4.